The first-order chi connectivity index (χ1) is 12.1. The fraction of sp³-hybridized carbons (Fsp3) is 0.611. The molecule has 0 aromatic heterocycles. The van der Waals surface area contributed by atoms with Gasteiger partial charge in [-0.3, -0.25) is 4.18 Å². The topological polar surface area (TPSA) is 82.1 Å². The summed E-state index contributed by atoms with van der Waals surface area (Å²) in [7, 11) is -3.79. The highest BCUT2D eigenvalue weighted by Gasteiger charge is 2.28. The third-order valence-corrected chi connectivity index (χ3v) is 5.10. The van der Waals surface area contributed by atoms with Crippen molar-refractivity contribution in [2.24, 2.45) is 0 Å². The number of nitrogens with zero attached hydrogens (tertiary/aromatic N) is 1. The molecular weight excluding hydrogens is 358 g/mol. The van der Waals surface area contributed by atoms with E-state index >= 15 is 0 Å². The Balaban J connectivity index is 1.83. The molecular formula is C18H27NO6S. The molecule has 2 rings (SSSR count). The van der Waals surface area contributed by atoms with Gasteiger partial charge in [-0.25, -0.2) is 4.79 Å². The van der Waals surface area contributed by atoms with Crippen molar-refractivity contribution in [1.82, 2.24) is 4.90 Å². The van der Waals surface area contributed by atoms with Gasteiger partial charge in [0.2, 0.25) is 0 Å². The van der Waals surface area contributed by atoms with Crippen LogP contribution in [-0.4, -0.2) is 57.4 Å². The minimum absolute atomic E-state index is 0.0109. The van der Waals surface area contributed by atoms with Crippen LogP contribution in [0.1, 0.15) is 32.8 Å². The molecule has 1 aliphatic heterocycles. The minimum atomic E-state index is -3.79. The number of carbonyl (C=O) groups is 1. The van der Waals surface area contributed by atoms with E-state index in [0.717, 1.165) is 5.56 Å². The maximum atomic E-state index is 12.2. The Morgan fingerprint density at radius 2 is 1.92 bits per heavy atom. The van der Waals surface area contributed by atoms with Crippen molar-refractivity contribution in [3.05, 3.63) is 29.8 Å². The molecule has 1 atom stereocenters. The number of carbonyl (C=O) groups excluding carboxylic acids is 1. The normalized spacial score (nSPS) is 18.6. The van der Waals surface area contributed by atoms with Gasteiger partial charge in [0.05, 0.1) is 30.8 Å². The predicted octanol–water partition coefficient (Wildman–Crippen LogP) is 2.73. The zero-order valence-electron chi connectivity index (χ0n) is 15.7. The molecule has 0 bridgehead atoms. The van der Waals surface area contributed by atoms with Gasteiger partial charge in [-0.15, -0.1) is 0 Å². The number of benzene rings is 1. The largest absolute Gasteiger partial charge is 0.444 e. The van der Waals surface area contributed by atoms with Gasteiger partial charge < -0.3 is 14.4 Å². The molecule has 0 saturated carbocycles. The van der Waals surface area contributed by atoms with Crippen molar-refractivity contribution in [3.8, 4) is 0 Å². The highest BCUT2D eigenvalue weighted by Crippen LogP contribution is 2.17. The van der Waals surface area contributed by atoms with Crippen LogP contribution in [-0.2, 0) is 23.8 Å². The first kappa shape index (κ1) is 20.7. The van der Waals surface area contributed by atoms with Crippen molar-refractivity contribution < 1.29 is 26.9 Å². The van der Waals surface area contributed by atoms with Crippen LogP contribution in [0.3, 0.4) is 0 Å². The highest BCUT2D eigenvalue weighted by molar-refractivity contribution is 7.86. The van der Waals surface area contributed by atoms with Crippen LogP contribution in [0.2, 0.25) is 0 Å². The quantitative estimate of drug-likeness (QED) is 0.725. The average Bonchev–Trinajstić information content (AvgIpc) is 2.54. The van der Waals surface area contributed by atoms with E-state index < -0.39 is 15.7 Å². The van der Waals surface area contributed by atoms with E-state index in [1.807, 2.05) is 27.7 Å². The number of ether oxygens (including phenoxy) is 2. The van der Waals surface area contributed by atoms with Gasteiger partial charge in [-0.1, -0.05) is 17.7 Å². The van der Waals surface area contributed by atoms with E-state index in [2.05, 4.69) is 0 Å². The smallest absolute Gasteiger partial charge is 0.410 e. The number of hydrogen-bond acceptors (Lipinski definition) is 6. The number of hydrogen-bond donors (Lipinski definition) is 0. The monoisotopic (exact) mass is 385 g/mol. The predicted molar refractivity (Wildman–Crippen MR) is 96.5 cm³/mol. The van der Waals surface area contributed by atoms with Crippen LogP contribution in [0.25, 0.3) is 0 Å². The summed E-state index contributed by atoms with van der Waals surface area (Å²) in [4.78, 5) is 13.8. The first-order valence-corrected chi connectivity index (χ1v) is 10.0. The van der Waals surface area contributed by atoms with Crippen molar-refractivity contribution >= 4 is 16.2 Å². The van der Waals surface area contributed by atoms with E-state index in [-0.39, 0.29) is 23.7 Å². The van der Waals surface area contributed by atoms with Gasteiger partial charge in [0.15, 0.2) is 0 Å². The lowest BCUT2D eigenvalue weighted by Gasteiger charge is -2.34. The SMILES string of the molecule is Cc1ccc(S(=O)(=O)OCCC2CN(C(=O)OC(C)(C)C)CCO2)cc1. The van der Waals surface area contributed by atoms with E-state index in [1.54, 1.807) is 17.0 Å². The lowest BCUT2D eigenvalue weighted by atomic mass is 10.2. The van der Waals surface area contributed by atoms with Crippen molar-refractivity contribution in [1.29, 1.82) is 0 Å². The average molecular weight is 385 g/mol. The lowest BCUT2D eigenvalue weighted by Crippen LogP contribution is -2.47. The minimum Gasteiger partial charge on any atom is -0.444 e. The Hall–Kier alpha value is -1.64. The molecule has 7 nitrogen and oxygen atoms in total. The van der Waals surface area contributed by atoms with Gasteiger partial charge in [-0.05, 0) is 39.8 Å². The maximum Gasteiger partial charge on any atom is 0.410 e. The van der Waals surface area contributed by atoms with Gasteiger partial charge in [0.1, 0.15) is 5.60 Å². The molecule has 1 aliphatic rings. The molecule has 0 aliphatic carbocycles. The molecule has 146 valence electrons. The zero-order chi connectivity index (χ0) is 19.4. The van der Waals surface area contributed by atoms with Crippen LogP contribution >= 0.6 is 0 Å². The number of amides is 1. The van der Waals surface area contributed by atoms with Crippen molar-refractivity contribution in [3.63, 3.8) is 0 Å². The second-order valence-corrected chi connectivity index (χ2v) is 8.91. The molecule has 1 saturated heterocycles. The first-order valence-electron chi connectivity index (χ1n) is 8.62. The molecule has 1 aromatic rings. The molecule has 1 aromatic carbocycles. The summed E-state index contributed by atoms with van der Waals surface area (Å²) >= 11 is 0. The molecule has 1 unspecified atom stereocenters. The van der Waals surface area contributed by atoms with E-state index in [4.69, 9.17) is 13.7 Å². The Bertz CT molecular complexity index is 708. The summed E-state index contributed by atoms with van der Waals surface area (Å²) in [5, 5.41) is 0. The second kappa shape index (κ2) is 8.37. The van der Waals surface area contributed by atoms with E-state index in [9.17, 15) is 13.2 Å². The van der Waals surface area contributed by atoms with Crippen LogP contribution in [0.15, 0.2) is 29.2 Å². The maximum absolute atomic E-state index is 12.2. The summed E-state index contributed by atoms with van der Waals surface area (Å²) in [5.41, 5.74) is 0.414. The number of aryl methyl sites for hydroxylation is 1. The van der Waals surface area contributed by atoms with E-state index in [1.165, 1.54) is 12.1 Å². The molecule has 1 amide bonds. The number of morpholine rings is 1. The van der Waals surface area contributed by atoms with Crippen LogP contribution in [0, 0.1) is 6.92 Å². The van der Waals surface area contributed by atoms with Crippen LogP contribution in [0.5, 0.6) is 0 Å². The van der Waals surface area contributed by atoms with Gasteiger partial charge >= 0.3 is 6.09 Å². The third-order valence-electron chi connectivity index (χ3n) is 3.78. The molecule has 0 spiro atoms. The molecule has 0 radical (unpaired) electrons. The van der Waals surface area contributed by atoms with Gasteiger partial charge in [0, 0.05) is 13.0 Å². The highest BCUT2D eigenvalue weighted by atomic mass is 32.2. The lowest BCUT2D eigenvalue weighted by molar-refractivity contribution is -0.0475. The second-order valence-electron chi connectivity index (χ2n) is 7.30. The van der Waals surface area contributed by atoms with Gasteiger partial charge in [-0.2, -0.15) is 8.42 Å². The molecule has 0 N–H and O–H groups in total. The van der Waals surface area contributed by atoms with Crippen molar-refractivity contribution in [2.75, 3.05) is 26.3 Å². The molecule has 26 heavy (non-hydrogen) atoms. The summed E-state index contributed by atoms with van der Waals surface area (Å²) in [6.07, 6.45) is -0.312. The van der Waals surface area contributed by atoms with Gasteiger partial charge in [0.25, 0.3) is 10.1 Å². The molecule has 1 heterocycles. The van der Waals surface area contributed by atoms with Crippen molar-refractivity contribution in [2.45, 2.75) is 50.7 Å². The zero-order valence-corrected chi connectivity index (χ0v) is 16.5. The number of rotatable bonds is 5. The fourth-order valence-corrected chi connectivity index (χ4v) is 3.37. The standard InChI is InChI=1S/C18H27NO6S/c1-14-5-7-16(8-6-14)26(21,22)24-11-9-15-13-19(10-12-23-15)17(20)25-18(2,3)4/h5-8,15H,9-13H2,1-4H3. The summed E-state index contributed by atoms with van der Waals surface area (Å²) in [6.45, 7) is 8.49. The third kappa shape index (κ3) is 6.26. The summed E-state index contributed by atoms with van der Waals surface area (Å²) in [5.74, 6) is 0. The van der Waals surface area contributed by atoms with E-state index in [0.29, 0.717) is 26.1 Å². The molecule has 1 fully saturated rings. The Kier molecular flexibility index (Phi) is 6.65. The summed E-state index contributed by atoms with van der Waals surface area (Å²) < 4.78 is 40.4. The Morgan fingerprint density at radius 3 is 2.54 bits per heavy atom. The summed E-state index contributed by atoms with van der Waals surface area (Å²) in [6, 6.07) is 6.48. The van der Waals surface area contributed by atoms with Crippen LogP contribution in [0.4, 0.5) is 4.79 Å². The van der Waals surface area contributed by atoms with Crippen LogP contribution < -0.4 is 0 Å². The fourth-order valence-electron chi connectivity index (χ4n) is 2.45. The Morgan fingerprint density at radius 1 is 1.27 bits per heavy atom. The Labute approximate surface area is 155 Å². The molecule has 8 heteroatoms.